The molecule has 0 fully saturated rings. The monoisotopic (exact) mass is 536 g/mol. The molecule has 0 aliphatic rings. The molecule has 0 spiro atoms. The van der Waals surface area contributed by atoms with Crippen LogP contribution in [-0.4, -0.2) is 28.5 Å². The molecule has 3 aromatic rings. The highest BCUT2D eigenvalue weighted by atomic mass is 79.9. The first-order chi connectivity index (χ1) is 15.8. The number of carbonyl (C=O) groups excluding carboxylic acids is 1. The van der Waals surface area contributed by atoms with Crippen LogP contribution in [0.4, 0.5) is 4.39 Å². The summed E-state index contributed by atoms with van der Waals surface area (Å²) in [6, 6.07) is 9.63. The van der Waals surface area contributed by atoms with Gasteiger partial charge in [0.2, 0.25) is 0 Å². The van der Waals surface area contributed by atoms with Crippen molar-refractivity contribution in [3.8, 4) is 11.5 Å². The average molecular weight is 538 g/mol. The van der Waals surface area contributed by atoms with Crippen molar-refractivity contribution < 1.29 is 18.7 Å². The van der Waals surface area contributed by atoms with Gasteiger partial charge in [0, 0.05) is 5.56 Å². The molecule has 0 saturated heterocycles. The van der Waals surface area contributed by atoms with Crippen LogP contribution < -0.4 is 14.9 Å². The number of nitrogens with one attached hydrogen (secondary N) is 1. The number of aryl methyl sites for hydroxylation is 1. The van der Waals surface area contributed by atoms with Crippen molar-refractivity contribution in [2.75, 3.05) is 6.61 Å². The van der Waals surface area contributed by atoms with Crippen LogP contribution in [0, 0.1) is 19.7 Å². The first-order valence-corrected chi connectivity index (χ1v) is 11.3. The maximum Gasteiger partial charge on any atom is 0.261 e. The Kier molecular flexibility index (Phi) is 8.46. The molecule has 1 heterocycles. The van der Waals surface area contributed by atoms with E-state index in [4.69, 9.17) is 21.1 Å². The highest BCUT2D eigenvalue weighted by molar-refractivity contribution is 9.10. The van der Waals surface area contributed by atoms with Gasteiger partial charge in [0.15, 0.2) is 11.5 Å². The SMILES string of the molecule is CCOc1cc(C=NNC(=O)Cn2nc(C)c(Br)c2C)ccc1OCc1c(F)cccc1Cl. The van der Waals surface area contributed by atoms with Gasteiger partial charge in [-0.05, 0) is 72.6 Å². The second-order valence-electron chi connectivity index (χ2n) is 7.06. The highest BCUT2D eigenvalue weighted by Gasteiger charge is 2.12. The van der Waals surface area contributed by atoms with Crippen molar-refractivity contribution in [2.45, 2.75) is 33.9 Å². The Morgan fingerprint density at radius 1 is 1.27 bits per heavy atom. The lowest BCUT2D eigenvalue weighted by molar-refractivity contribution is -0.121. The summed E-state index contributed by atoms with van der Waals surface area (Å²) < 4.78 is 27.9. The maximum atomic E-state index is 14.0. The minimum Gasteiger partial charge on any atom is -0.490 e. The normalized spacial score (nSPS) is 11.1. The van der Waals surface area contributed by atoms with E-state index in [1.807, 2.05) is 20.8 Å². The van der Waals surface area contributed by atoms with Gasteiger partial charge in [0.05, 0.1) is 33.7 Å². The standard InChI is InChI=1S/C23H23BrClFN4O3/c1-4-32-21-10-16(8-9-20(21)33-13-17-18(25)6-5-7-19(17)26)11-27-28-22(31)12-30-15(3)23(24)14(2)29-30/h5-11H,4,12-13H2,1-3H3,(H,28,31). The van der Waals surface area contributed by atoms with Crippen LogP contribution >= 0.6 is 27.5 Å². The van der Waals surface area contributed by atoms with Gasteiger partial charge < -0.3 is 9.47 Å². The van der Waals surface area contributed by atoms with E-state index in [0.29, 0.717) is 28.7 Å². The lowest BCUT2D eigenvalue weighted by Gasteiger charge is -2.13. The number of halogens is 3. The lowest BCUT2D eigenvalue weighted by Crippen LogP contribution is -2.24. The molecule has 10 heteroatoms. The molecular formula is C23H23BrClFN4O3. The number of carbonyl (C=O) groups is 1. The zero-order chi connectivity index (χ0) is 24.0. The Labute approximate surface area is 204 Å². The van der Waals surface area contributed by atoms with Crippen LogP contribution in [0.15, 0.2) is 46.0 Å². The predicted molar refractivity (Wildman–Crippen MR) is 128 cm³/mol. The fraction of sp³-hybridized carbons (Fsp3) is 0.261. The van der Waals surface area contributed by atoms with E-state index >= 15 is 0 Å². The summed E-state index contributed by atoms with van der Waals surface area (Å²) in [7, 11) is 0. The van der Waals surface area contributed by atoms with Crippen LogP contribution in [0.25, 0.3) is 0 Å². The molecule has 0 aliphatic carbocycles. The highest BCUT2D eigenvalue weighted by Crippen LogP contribution is 2.30. The van der Waals surface area contributed by atoms with Crippen LogP contribution in [0.5, 0.6) is 11.5 Å². The molecule has 1 N–H and O–H groups in total. The Morgan fingerprint density at radius 3 is 2.73 bits per heavy atom. The van der Waals surface area contributed by atoms with Gasteiger partial charge in [0.25, 0.3) is 5.91 Å². The third-order valence-corrected chi connectivity index (χ3v) is 6.19. The molecule has 0 saturated carbocycles. The molecule has 3 rings (SSSR count). The van der Waals surface area contributed by atoms with Gasteiger partial charge in [0.1, 0.15) is 19.0 Å². The summed E-state index contributed by atoms with van der Waals surface area (Å²) in [5.74, 6) is 0.157. The third kappa shape index (κ3) is 6.33. The van der Waals surface area contributed by atoms with Crippen molar-refractivity contribution in [1.82, 2.24) is 15.2 Å². The number of ether oxygens (including phenoxy) is 2. The van der Waals surface area contributed by atoms with Gasteiger partial charge >= 0.3 is 0 Å². The zero-order valence-corrected chi connectivity index (χ0v) is 20.7. The Morgan fingerprint density at radius 2 is 2.06 bits per heavy atom. The number of hydrogen-bond acceptors (Lipinski definition) is 5. The number of benzene rings is 2. The summed E-state index contributed by atoms with van der Waals surface area (Å²) in [5.41, 5.74) is 5.11. The van der Waals surface area contributed by atoms with Crippen molar-refractivity contribution >= 4 is 39.7 Å². The summed E-state index contributed by atoms with van der Waals surface area (Å²) in [5, 5.41) is 8.60. The molecule has 1 aromatic heterocycles. The smallest absolute Gasteiger partial charge is 0.261 e. The van der Waals surface area contributed by atoms with Crippen molar-refractivity contribution in [3.05, 3.63) is 74.2 Å². The minimum absolute atomic E-state index is 0.0441. The largest absolute Gasteiger partial charge is 0.490 e. The quantitative estimate of drug-likeness (QED) is 0.301. The Bertz CT molecular complexity index is 1160. The number of rotatable bonds is 9. The summed E-state index contributed by atoms with van der Waals surface area (Å²) in [6.45, 7) is 5.99. The molecule has 0 aliphatic heterocycles. The zero-order valence-electron chi connectivity index (χ0n) is 18.4. The lowest BCUT2D eigenvalue weighted by atomic mass is 10.2. The molecule has 7 nitrogen and oxygen atoms in total. The molecule has 33 heavy (non-hydrogen) atoms. The van der Waals surface area contributed by atoms with Crippen LogP contribution in [0.1, 0.15) is 29.4 Å². The van der Waals surface area contributed by atoms with Gasteiger partial charge in [-0.3, -0.25) is 9.48 Å². The van der Waals surface area contributed by atoms with Gasteiger partial charge in [-0.25, -0.2) is 9.82 Å². The van der Waals surface area contributed by atoms with E-state index in [-0.39, 0.29) is 24.6 Å². The maximum absolute atomic E-state index is 14.0. The average Bonchev–Trinajstić information content (AvgIpc) is 3.01. The van der Waals surface area contributed by atoms with Crippen LogP contribution in [-0.2, 0) is 17.9 Å². The Hall–Kier alpha value is -2.91. The molecule has 1 amide bonds. The molecule has 2 aromatic carbocycles. The third-order valence-electron chi connectivity index (χ3n) is 4.69. The van der Waals surface area contributed by atoms with Crippen molar-refractivity contribution in [3.63, 3.8) is 0 Å². The number of nitrogens with zero attached hydrogens (tertiary/aromatic N) is 3. The van der Waals surface area contributed by atoms with Crippen molar-refractivity contribution in [2.24, 2.45) is 5.10 Å². The topological polar surface area (TPSA) is 77.7 Å². The van der Waals surface area contributed by atoms with E-state index in [0.717, 1.165) is 15.9 Å². The van der Waals surface area contributed by atoms with Gasteiger partial charge in [-0.2, -0.15) is 10.2 Å². The van der Waals surface area contributed by atoms with E-state index < -0.39 is 5.82 Å². The van der Waals surface area contributed by atoms with Crippen LogP contribution in [0.2, 0.25) is 5.02 Å². The fourth-order valence-electron chi connectivity index (χ4n) is 2.99. The molecule has 174 valence electrons. The van der Waals surface area contributed by atoms with E-state index in [9.17, 15) is 9.18 Å². The van der Waals surface area contributed by atoms with E-state index in [1.54, 1.807) is 28.9 Å². The molecule has 0 radical (unpaired) electrons. The molecule has 0 unspecified atom stereocenters. The molecule has 0 bridgehead atoms. The molecule has 0 atom stereocenters. The number of hydrazone groups is 1. The number of aromatic nitrogens is 2. The predicted octanol–water partition coefficient (Wildman–Crippen LogP) is 5.18. The number of amides is 1. The molecular weight excluding hydrogens is 515 g/mol. The first-order valence-electron chi connectivity index (χ1n) is 10.1. The second-order valence-corrected chi connectivity index (χ2v) is 8.26. The Balaban J connectivity index is 1.64. The van der Waals surface area contributed by atoms with Crippen LogP contribution in [0.3, 0.4) is 0 Å². The van der Waals surface area contributed by atoms with Gasteiger partial charge in [-0.1, -0.05) is 17.7 Å². The second kappa shape index (κ2) is 11.3. The fourth-order valence-corrected chi connectivity index (χ4v) is 3.49. The van der Waals surface area contributed by atoms with Crippen molar-refractivity contribution in [1.29, 1.82) is 0 Å². The number of hydrogen-bond donors (Lipinski definition) is 1. The summed E-state index contributed by atoms with van der Waals surface area (Å²) in [4.78, 5) is 12.2. The van der Waals surface area contributed by atoms with E-state index in [1.165, 1.54) is 18.3 Å². The summed E-state index contributed by atoms with van der Waals surface area (Å²) in [6.07, 6.45) is 1.50. The van der Waals surface area contributed by atoms with Gasteiger partial charge in [-0.15, -0.1) is 0 Å². The minimum atomic E-state index is -0.437. The van der Waals surface area contributed by atoms with E-state index in [2.05, 4.69) is 31.6 Å². The summed E-state index contributed by atoms with van der Waals surface area (Å²) >= 11 is 9.50. The first kappa shape index (κ1) is 24.7.